The van der Waals surface area contributed by atoms with E-state index in [1.54, 1.807) is 23.1 Å². The Balaban J connectivity index is 1.40. The summed E-state index contributed by atoms with van der Waals surface area (Å²) in [6.45, 7) is 1.15. The maximum absolute atomic E-state index is 14.3. The molecular formula is C23H18Cl2F4N2O3S. The topological polar surface area (TPSA) is 51.1 Å². The van der Waals surface area contributed by atoms with Crippen LogP contribution < -0.4 is 0 Å². The highest BCUT2D eigenvalue weighted by Gasteiger charge is 2.62. The van der Waals surface area contributed by atoms with E-state index in [2.05, 4.69) is 5.16 Å². The number of oxime groups is 1. The summed E-state index contributed by atoms with van der Waals surface area (Å²) in [5, 5.41) is 2.67. The molecule has 2 aromatic rings. The van der Waals surface area contributed by atoms with E-state index in [0.29, 0.717) is 24.4 Å². The fraction of sp³-hybridized carbons (Fsp3) is 0.391. The number of benzene rings is 2. The van der Waals surface area contributed by atoms with Crippen molar-refractivity contribution < 1.29 is 31.9 Å². The molecule has 1 saturated heterocycles. The average molecular weight is 549 g/mol. The Bertz CT molecular complexity index is 1230. The number of amides is 1. The number of likely N-dealkylation sites (tertiary alicyclic amines) is 1. The zero-order valence-electron chi connectivity index (χ0n) is 18.2. The molecule has 0 saturated carbocycles. The molecule has 12 heteroatoms. The van der Waals surface area contributed by atoms with E-state index in [9.17, 15) is 22.4 Å². The number of halogens is 6. The lowest BCUT2D eigenvalue weighted by Gasteiger charge is -2.47. The highest BCUT2D eigenvalue weighted by atomic mass is 35.5. The smallest absolute Gasteiger partial charge is 0.374 e. The number of nitrogens with zero attached hydrogens (tertiary/aromatic N) is 2. The largest absolute Gasteiger partial charge is 0.435 e. The molecule has 1 amide bonds. The lowest BCUT2D eigenvalue weighted by molar-refractivity contribution is -0.275. The van der Waals surface area contributed by atoms with E-state index < -0.39 is 45.2 Å². The minimum Gasteiger partial charge on any atom is -0.374 e. The number of carbonyl (C=O) groups excluding carboxylic acids is 1. The van der Waals surface area contributed by atoms with Gasteiger partial charge in [0.15, 0.2) is 5.82 Å². The van der Waals surface area contributed by atoms with E-state index >= 15 is 0 Å². The molecule has 3 heterocycles. The van der Waals surface area contributed by atoms with Gasteiger partial charge in [0.1, 0.15) is 5.60 Å². The second-order valence-electron chi connectivity index (χ2n) is 8.72. The van der Waals surface area contributed by atoms with Gasteiger partial charge in [-0.3, -0.25) is 4.79 Å². The molecule has 1 unspecified atom stereocenters. The number of thioether (sulfide) groups is 1. The third kappa shape index (κ3) is 3.89. The fourth-order valence-corrected chi connectivity index (χ4v) is 5.62. The van der Waals surface area contributed by atoms with Crippen molar-refractivity contribution in [3.8, 4) is 0 Å². The first-order chi connectivity index (χ1) is 16.5. The zero-order chi connectivity index (χ0) is 25.2. The van der Waals surface area contributed by atoms with E-state index in [0.717, 1.165) is 23.3 Å². The number of rotatable bonds is 4. The highest BCUT2D eigenvalue weighted by molar-refractivity contribution is 7.99. The molecule has 5 nitrogen and oxygen atoms in total. The summed E-state index contributed by atoms with van der Waals surface area (Å²) in [5.41, 5.74) is -1.63. The lowest BCUT2D eigenvalue weighted by atomic mass is 9.83. The van der Waals surface area contributed by atoms with Gasteiger partial charge in [0.2, 0.25) is 5.91 Å². The van der Waals surface area contributed by atoms with Crippen LogP contribution in [0.4, 0.5) is 17.6 Å². The molecule has 2 aromatic carbocycles. The molecule has 1 spiro atoms. The minimum absolute atomic E-state index is 0.0405. The normalized spacial score (nSPS) is 22.6. The minimum atomic E-state index is -4.88. The molecule has 0 bridgehead atoms. The SMILES string of the molecule is CSCC(=O)N1CC2(C1)OCc1cc(C3=NOC(c4cc(Cl)c(F)c(Cl)c4)(C(F)(F)F)C3)ccc12. The van der Waals surface area contributed by atoms with Gasteiger partial charge in [0.25, 0.3) is 5.60 Å². The second kappa shape index (κ2) is 8.54. The van der Waals surface area contributed by atoms with Gasteiger partial charge in [0, 0.05) is 12.0 Å². The Morgan fingerprint density at radius 1 is 1.20 bits per heavy atom. The van der Waals surface area contributed by atoms with Crippen molar-refractivity contribution in [2.75, 3.05) is 25.1 Å². The van der Waals surface area contributed by atoms with Crippen LogP contribution in [0.3, 0.4) is 0 Å². The van der Waals surface area contributed by atoms with Gasteiger partial charge < -0.3 is 14.5 Å². The molecule has 3 aliphatic rings. The predicted octanol–water partition coefficient (Wildman–Crippen LogP) is 5.65. The molecule has 0 radical (unpaired) electrons. The maximum atomic E-state index is 14.3. The first kappa shape index (κ1) is 24.7. The van der Waals surface area contributed by atoms with Crippen LogP contribution in [0, 0.1) is 5.82 Å². The van der Waals surface area contributed by atoms with Gasteiger partial charge >= 0.3 is 6.18 Å². The summed E-state index contributed by atoms with van der Waals surface area (Å²) in [4.78, 5) is 18.9. The number of hydrogen-bond donors (Lipinski definition) is 0. The van der Waals surface area contributed by atoms with Gasteiger partial charge in [-0.25, -0.2) is 4.39 Å². The Labute approximate surface area is 212 Å². The van der Waals surface area contributed by atoms with E-state index in [-0.39, 0.29) is 18.2 Å². The van der Waals surface area contributed by atoms with E-state index in [1.807, 2.05) is 6.26 Å². The quantitative estimate of drug-likeness (QED) is 0.366. The van der Waals surface area contributed by atoms with Crippen molar-refractivity contribution in [2.45, 2.75) is 30.4 Å². The zero-order valence-corrected chi connectivity index (χ0v) is 20.5. The average Bonchev–Trinajstić information content (AvgIpc) is 3.39. The molecule has 0 N–H and O–H groups in total. The summed E-state index contributed by atoms with van der Waals surface area (Å²) < 4.78 is 62.6. The number of ether oxygens (including phenoxy) is 1. The molecule has 3 aliphatic heterocycles. The molecule has 1 atom stereocenters. The molecular weight excluding hydrogens is 531 g/mol. The van der Waals surface area contributed by atoms with Crippen LogP contribution in [-0.4, -0.2) is 47.8 Å². The first-order valence-electron chi connectivity index (χ1n) is 10.5. The number of fused-ring (bicyclic) bond motifs is 2. The number of carbonyl (C=O) groups is 1. The van der Waals surface area contributed by atoms with Crippen LogP contribution in [0.25, 0.3) is 0 Å². The molecule has 0 aromatic heterocycles. The summed E-state index contributed by atoms with van der Waals surface area (Å²) in [6.07, 6.45) is -3.67. The van der Waals surface area contributed by atoms with Gasteiger partial charge in [-0.05, 0) is 41.1 Å². The van der Waals surface area contributed by atoms with Gasteiger partial charge in [-0.15, -0.1) is 0 Å². The second-order valence-corrected chi connectivity index (χ2v) is 10.4. The Kier molecular flexibility index (Phi) is 6.02. The summed E-state index contributed by atoms with van der Waals surface area (Å²) in [6, 6.07) is 6.91. The van der Waals surface area contributed by atoms with Crippen molar-refractivity contribution in [3.63, 3.8) is 0 Å². The van der Waals surface area contributed by atoms with Gasteiger partial charge in [-0.2, -0.15) is 24.9 Å². The van der Waals surface area contributed by atoms with Crippen molar-refractivity contribution >= 4 is 46.6 Å². The molecule has 35 heavy (non-hydrogen) atoms. The fourth-order valence-electron chi connectivity index (χ4n) is 4.70. The van der Waals surface area contributed by atoms with Crippen LogP contribution in [0.2, 0.25) is 10.0 Å². The van der Waals surface area contributed by atoms with Crippen molar-refractivity contribution in [3.05, 3.63) is 68.4 Å². The molecule has 186 valence electrons. The summed E-state index contributed by atoms with van der Waals surface area (Å²) >= 11 is 13.0. The van der Waals surface area contributed by atoms with Crippen LogP contribution in [-0.2, 0) is 32.2 Å². The Hall–Kier alpha value is -2.01. The molecule has 1 fully saturated rings. The lowest BCUT2D eigenvalue weighted by Crippen LogP contribution is -2.61. The summed E-state index contributed by atoms with van der Waals surface area (Å²) in [5.74, 6) is -0.572. The van der Waals surface area contributed by atoms with Crippen LogP contribution >= 0.6 is 35.0 Å². The Morgan fingerprint density at radius 2 is 1.89 bits per heavy atom. The van der Waals surface area contributed by atoms with Crippen LogP contribution in [0.1, 0.15) is 28.7 Å². The predicted molar refractivity (Wildman–Crippen MR) is 124 cm³/mol. The van der Waals surface area contributed by atoms with Crippen molar-refractivity contribution in [2.24, 2.45) is 5.16 Å². The van der Waals surface area contributed by atoms with Gasteiger partial charge in [0.05, 0.1) is 41.2 Å². The van der Waals surface area contributed by atoms with Crippen molar-refractivity contribution in [1.29, 1.82) is 0 Å². The van der Waals surface area contributed by atoms with E-state index in [1.165, 1.54) is 11.8 Å². The number of alkyl halides is 3. The monoisotopic (exact) mass is 548 g/mol. The van der Waals surface area contributed by atoms with Crippen LogP contribution in [0.5, 0.6) is 0 Å². The van der Waals surface area contributed by atoms with Crippen molar-refractivity contribution in [1.82, 2.24) is 4.90 Å². The maximum Gasteiger partial charge on any atom is 0.435 e. The third-order valence-corrected chi connectivity index (χ3v) is 7.67. The number of hydrogen-bond acceptors (Lipinski definition) is 5. The van der Waals surface area contributed by atoms with Crippen LogP contribution in [0.15, 0.2) is 35.5 Å². The highest BCUT2D eigenvalue weighted by Crippen LogP contribution is 2.50. The first-order valence-corrected chi connectivity index (χ1v) is 12.7. The standard InChI is InChI=1S/C23H18Cl2F4N2O3S/c1-35-9-19(32)31-10-21(11-31)15-3-2-12(4-13(15)8-33-21)18-7-22(34-30-18,23(27,28)29)14-5-16(24)20(26)17(25)6-14/h2-6H,7-11H2,1H3. The molecule has 5 rings (SSSR count). The van der Waals surface area contributed by atoms with E-state index in [4.69, 9.17) is 32.8 Å². The third-order valence-electron chi connectivity index (χ3n) is 6.58. The molecule has 0 aliphatic carbocycles. The van der Waals surface area contributed by atoms with Gasteiger partial charge in [-0.1, -0.05) is 40.5 Å². The Morgan fingerprint density at radius 3 is 2.51 bits per heavy atom. The summed E-state index contributed by atoms with van der Waals surface area (Å²) in [7, 11) is 0.